The molecule has 2 N–H and O–H groups in total. The van der Waals surface area contributed by atoms with E-state index in [9.17, 15) is 0 Å². The van der Waals surface area contributed by atoms with Crippen LogP contribution < -0.4 is 10.5 Å². The Balaban J connectivity index is 2.07. The van der Waals surface area contributed by atoms with Crippen LogP contribution in [-0.2, 0) is 0 Å². The molecule has 2 unspecified atom stereocenters. The van der Waals surface area contributed by atoms with Crippen molar-refractivity contribution in [1.29, 1.82) is 0 Å². The fourth-order valence-electron chi connectivity index (χ4n) is 3.35. The Kier molecular flexibility index (Phi) is 6.07. The molecule has 3 heteroatoms. The Morgan fingerprint density at radius 3 is 2.86 bits per heavy atom. The quantitative estimate of drug-likeness (QED) is 0.834. The lowest BCUT2D eigenvalue weighted by molar-refractivity contribution is 0.232. The monoisotopic (exact) mass is 290 g/mol. The van der Waals surface area contributed by atoms with Gasteiger partial charge in [-0.1, -0.05) is 25.5 Å². The number of hydrogen-bond donors (Lipinski definition) is 1. The van der Waals surface area contributed by atoms with Crippen molar-refractivity contribution in [3.63, 3.8) is 0 Å². The molecule has 0 aliphatic carbocycles. The van der Waals surface area contributed by atoms with Gasteiger partial charge in [-0.15, -0.1) is 0 Å². The summed E-state index contributed by atoms with van der Waals surface area (Å²) in [4.78, 5) is 2.55. The zero-order chi connectivity index (χ0) is 15.2. The van der Waals surface area contributed by atoms with E-state index in [0.717, 1.165) is 11.7 Å². The van der Waals surface area contributed by atoms with Crippen molar-refractivity contribution >= 4 is 0 Å². The molecule has 1 aromatic rings. The summed E-state index contributed by atoms with van der Waals surface area (Å²) in [5, 5.41) is 0. The molecule has 1 aromatic carbocycles. The van der Waals surface area contributed by atoms with Crippen LogP contribution in [0.5, 0.6) is 5.75 Å². The number of benzene rings is 1. The van der Waals surface area contributed by atoms with Gasteiger partial charge >= 0.3 is 0 Å². The van der Waals surface area contributed by atoms with Crippen LogP contribution in [0, 0.1) is 5.92 Å². The largest absolute Gasteiger partial charge is 0.491 e. The fourth-order valence-corrected chi connectivity index (χ4v) is 3.35. The third kappa shape index (κ3) is 4.45. The fraction of sp³-hybridized carbons (Fsp3) is 0.667. The SMILES string of the molecule is CCCC1CCN(C(CN)c2cccc(OC(C)C)c2)C1. The van der Waals surface area contributed by atoms with Crippen molar-refractivity contribution in [2.24, 2.45) is 11.7 Å². The van der Waals surface area contributed by atoms with Gasteiger partial charge in [0.1, 0.15) is 5.75 Å². The first-order chi connectivity index (χ1) is 10.1. The summed E-state index contributed by atoms with van der Waals surface area (Å²) < 4.78 is 5.81. The molecule has 1 aliphatic heterocycles. The molecular formula is C18H30N2O. The van der Waals surface area contributed by atoms with E-state index in [1.54, 1.807) is 0 Å². The molecule has 0 amide bonds. The van der Waals surface area contributed by atoms with Crippen molar-refractivity contribution in [1.82, 2.24) is 4.90 Å². The molecule has 0 radical (unpaired) electrons. The highest BCUT2D eigenvalue weighted by Crippen LogP contribution is 2.30. The smallest absolute Gasteiger partial charge is 0.120 e. The highest BCUT2D eigenvalue weighted by atomic mass is 16.5. The van der Waals surface area contributed by atoms with Gasteiger partial charge in [-0.2, -0.15) is 0 Å². The summed E-state index contributed by atoms with van der Waals surface area (Å²) in [5.74, 6) is 1.80. The first-order valence-electron chi connectivity index (χ1n) is 8.34. The van der Waals surface area contributed by atoms with Gasteiger partial charge in [0, 0.05) is 19.1 Å². The zero-order valence-corrected chi connectivity index (χ0v) is 13.7. The van der Waals surface area contributed by atoms with Crippen LogP contribution in [0.1, 0.15) is 51.6 Å². The average molecular weight is 290 g/mol. The number of ether oxygens (including phenoxy) is 1. The molecule has 1 aliphatic rings. The maximum absolute atomic E-state index is 6.07. The van der Waals surface area contributed by atoms with Crippen LogP contribution in [0.15, 0.2) is 24.3 Å². The minimum Gasteiger partial charge on any atom is -0.491 e. The lowest BCUT2D eigenvalue weighted by Gasteiger charge is -2.27. The Hall–Kier alpha value is -1.06. The van der Waals surface area contributed by atoms with Crippen LogP contribution in [0.2, 0.25) is 0 Å². The number of nitrogens with zero attached hydrogens (tertiary/aromatic N) is 1. The maximum Gasteiger partial charge on any atom is 0.120 e. The van der Waals surface area contributed by atoms with E-state index in [-0.39, 0.29) is 6.10 Å². The Morgan fingerprint density at radius 2 is 2.19 bits per heavy atom. The molecule has 1 heterocycles. The Morgan fingerprint density at radius 1 is 1.38 bits per heavy atom. The van der Waals surface area contributed by atoms with E-state index < -0.39 is 0 Å². The lowest BCUT2D eigenvalue weighted by Crippen LogP contribution is -2.32. The molecule has 3 nitrogen and oxygen atoms in total. The summed E-state index contributed by atoms with van der Waals surface area (Å²) in [6.07, 6.45) is 4.14. The molecule has 1 fully saturated rings. The summed E-state index contributed by atoms with van der Waals surface area (Å²) in [6.45, 7) is 9.42. The van der Waals surface area contributed by atoms with E-state index in [4.69, 9.17) is 10.5 Å². The van der Waals surface area contributed by atoms with Gasteiger partial charge < -0.3 is 10.5 Å². The second kappa shape index (κ2) is 7.81. The highest BCUT2D eigenvalue weighted by molar-refractivity contribution is 5.31. The third-order valence-electron chi connectivity index (χ3n) is 4.29. The van der Waals surface area contributed by atoms with Crippen molar-refractivity contribution < 1.29 is 4.74 Å². The average Bonchev–Trinajstić information content (AvgIpc) is 2.88. The second-order valence-corrected chi connectivity index (χ2v) is 6.43. The molecular weight excluding hydrogens is 260 g/mol. The van der Waals surface area contributed by atoms with Crippen molar-refractivity contribution in [2.45, 2.75) is 52.2 Å². The molecule has 0 spiro atoms. The summed E-state index contributed by atoms with van der Waals surface area (Å²) in [6, 6.07) is 8.77. The van der Waals surface area contributed by atoms with Crippen molar-refractivity contribution in [3.05, 3.63) is 29.8 Å². The van der Waals surface area contributed by atoms with E-state index in [1.807, 2.05) is 6.07 Å². The van der Waals surface area contributed by atoms with Crippen LogP contribution >= 0.6 is 0 Å². The molecule has 2 rings (SSSR count). The van der Waals surface area contributed by atoms with Gasteiger partial charge in [0.05, 0.1) is 6.10 Å². The van der Waals surface area contributed by atoms with E-state index in [2.05, 4.69) is 43.9 Å². The lowest BCUT2D eigenvalue weighted by atomic mass is 10.0. The van der Waals surface area contributed by atoms with Crippen LogP contribution in [0.4, 0.5) is 0 Å². The molecule has 0 saturated carbocycles. The van der Waals surface area contributed by atoms with Crippen molar-refractivity contribution in [3.8, 4) is 5.75 Å². The minimum atomic E-state index is 0.206. The van der Waals surface area contributed by atoms with Crippen LogP contribution in [0.3, 0.4) is 0 Å². The van der Waals surface area contributed by atoms with E-state index in [1.165, 1.54) is 37.9 Å². The van der Waals surface area contributed by atoms with E-state index >= 15 is 0 Å². The van der Waals surface area contributed by atoms with Gasteiger partial charge in [0.25, 0.3) is 0 Å². The molecule has 2 atom stereocenters. The highest BCUT2D eigenvalue weighted by Gasteiger charge is 2.28. The van der Waals surface area contributed by atoms with Crippen LogP contribution in [0.25, 0.3) is 0 Å². The predicted molar refractivity (Wildman–Crippen MR) is 88.6 cm³/mol. The van der Waals surface area contributed by atoms with Gasteiger partial charge in [-0.25, -0.2) is 0 Å². The minimum absolute atomic E-state index is 0.206. The van der Waals surface area contributed by atoms with Crippen molar-refractivity contribution in [2.75, 3.05) is 19.6 Å². The van der Waals surface area contributed by atoms with Gasteiger partial charge in [-0.05, 0) is 56.8 Å². The summed E-state index contributed by atoms with van der Waals surface area (Å²) in [5.41, 5.74) is 7.36. The number of nitrogens with two attached hydrogens (primary N) is 1. The Bertz CT molecular complexity index is 433. The van der Waals surface area contributed by atoms with Gasteiger partial charge in [0.2, 0.25) is 0 Å². The molecule has 21 heavy (non-hydrogen) atoms. The Labute approximate surface area is 129 Å². The first kappa shape index (κ1) is 16.3. The molecule has 0 bridgehead atoms. The number of rotatable bonds is 7. The maximum atomic E-state index is 6.07. The second-order valence-electron chi connectivity index (χ2n) is 6.43. The van der Waals surface area contributed by atoms with E-state index in [0.29, 0.717) is 12.6 Å². The summed E-state index contributed by atoms with van der Waals surface area (Å²) >= 11 is 0. The normalized spacial score (nSPS) is 20.9. The van der Waals surface area contributed by atoms with Crippen LogP contribution in [-0.4, -0.2) is 30.6 Å². The third-order valence-corrected chi connectivity index (χ3v) is 4.29. The van der Waals surface area contributed by atoms with Gasteiger partial charge in [0.15, 0.2) is 0 Å². The molecule has 118 valence electrons. The topological polar surface area (TPSA) is 38.5 Å². The molecule has 1 saturated heterocycles. The van der Waals surface area contributed by atoms with Gasteiger partial charge in [-0.3, -0.25) is 4.90 Å². The predicted octanol–water partition coefficient (Wildman–Crippen LogP) is 3.60. The number of likely N-dealkylation sites (tertiary alicyclic amines) is 1. The standard InChI is InChI=1S/C18H30N2O/c1-4-6-15-9-10-20(13-15)18(12-19)16-7-5-8-17(11-16)21-14(2)3/h5,7-8,11,14-15,18H,4,6,9-10,12-13,19H2,1-3H3. The molecule has 0 aromatic heterocycles. The zero-order valence-electron chi connectivity index (χ0n) is 13.7. The number of hydrogen-bond acceptors (Lipinski definition) is 3. The first-order valence-corrected chi connectivity index (χ1v) is 8.34. The summed E-state index contributed by atoms with van der Waals surface area (Å²) in [7, 11) is 0.